The number of Topliss-reactive ketones (excluding diaryl/α,β-unsaturated/α-hetero) is 1. The molecule has 0 radical (unpaired) electrons. The second-order valence-corrected chi connectivity index (χ2v) is 22.2. The first-order valence-electron chi connectivity index (χ1n) is 25.1. The standard InChI is InChI=1S/C56H63N7O8S2/c1-7-42(54(68)62-26-41(64)22-45(62)52(66)57-24-35-12-16-37(17-13-35)50-33(4)59-30-72-50)47-21-40(61-71-47)27-70-29-56(6)23-46(53(67)58-25-36-14-18-38(19-15-36)51-34(5)60-31-73-51)63(28-56)55(69)48(32(2)3)44-20-39-10-8-9-11-43(39)49(44)65/h8-19,21,30-32,41-42,44-46,48,64H,7,20,22-29H2,1-6H3,(H,57,66)(H,58,67)/t41-,42?,44?,45+,46+,48-,56-/m1/s1. The summed E-state index contributed by atoms with van der Waals surface area (Å²) in [5.41, 5.74) is 10.9. The Labute approximate surface area is 433 Å². The molecule has 1 aliphatic carbocycles. The highest BCUT2D eigenvalue weighted by Gasteiger charge is 2.51. The highest BCUT2D eigenvalue weighted by atomic mass is 32.1. The Balaban J connectivity index is 0.843. The number of amides is 4. The maximum atomic E-state index is 14.9. The summed E-state index contributed by atoms with van der Waals surface area (Å²) < 4.78 is 12.1. The van der Waals surface area contributed by atoms with E-state index in [2.05, 4.69) is 25.8 Å². The van der Waals surface area contributed by atoms with Crippen LogP contribution in [0.5, 0.6) is 0 Å². The molecule has 2 unspecified atom stereocenters. The molecular weight excluding hydrogens is 963 g/mol. The highest BCUT2D eigenvalue weighted by Crippen LogP contribution is 2.41. The van der Waals surface area contributed by atoms with Gasteiger partial charge in [0.05, 0.1) is 63.3 Å². The molecule has 3 aromatic carbocycles. The van der Waals surface area contributed by atoms with E-state index >= 15 is 0 Å². The molecule has 2 saturated heterocycles. The van der Waals surface area contributed by atoms with E-state index in [0.717, 1.165) is 49.0 Å². The fourth-order valence-electron chi connectivity index (χ4n) is 10.9. The number of carbonyl (C=O) groups is 5. The summed E-state index contributed by atoms with van der Waals surface area (Å²) in [6, 6.07) is 23.5. The second kappa shape index (κ2) is 22.0. The van der Waals surface area contributed by atoms with Gasteiger partial charge in [0.25, 0.3) is 0 Å². The van der Waals surface area contributed by atoms with E-state index in [1.807, 2.05) is 125 Å². The van der Waals surface area contributed by atoms with E-state index in [9.17, 15) is 29.1 Å². The summed E-state index contributed by atoms with van der Waals surface area (Å²) in [4.78, 5) is 84.9. The third-order valence-corrected chi connectivity index (χ3v) is 16.7. The van der Waals surface area contributed by atoms with Crippen LogP contribution in [0.2, 0.25) is 0 Å². The zero-order chi connectivity index (χ0) is 51.6. The molecule has 73 heavy (non-hydrogen) atoms. The number of aryl methyl sites for hydroxylation is 2. The molecule has 4 amide bonds. The van der Waals surface area contributed by atoms with E-state index in [1.54, 1.807) is 33.6 Å². The third kappa shape index (κ3) is 11.1. The van der Waals surface area contributed by atoms with Gasteiger partial charge >= 0.3 is 0 Å². The average molecular weight is 1030 g/mol. The van der Waals surface area contributed by atoms with E-state index in [4.69, 9.17) is 9.26 Å². The Morgan fingerprint density at radius 2 is 1.45 bits per heavy atom. The number of nitrogens with one attached hydrogen (secondary N) is 2. The molecule has 6 aromatic rings. The summed E-state index contributed by atoms with van der Waals surface area (Å²) in [6.07, 6.45) is 0.410. The molecule has 0 bridgehead atoms. The van der Waals surface area contributed by atoms with Crippen molar-refractivity contribution in [1.82, 2.24) is 35.6 Å². The van der Waals surface area contributed by atoms with Crippen LogP contribution in [-0.2, 0) is 50.0 Å². The Morgan fingerprint density at radius 1 is 0.849 bits per heavy atom. The van der Waals surface area contributed by atoms with Gasteiger partial charge in [0.2, 0.25) is 23.6 Å². The molecule has 9 rings (SSSR count). The normalized spacial score (nSPS) is 21.4. The molecule has 5 heterocycles. The SMILES string of the molecule is CCC(C(=O)N1C[C@H](O)C[C@H]1C(=O)NCc1ccc(-c2scnc2C)cc1)c1cc(COC[C@]2(C)C[C@@H](C(=O)NCc3ccc(-c4scnc4C)cc3)N(C(=O)[C@H](C(C)C)C3Cc4ccccc4C3=O)C2)no1. The lowest BCUT2D eigenvalue weighted by Gasteiger charge is -2.33. The first kappa shape index (κ1) is 51.5. The van der Waals surface area contributed by atoms with Crippen molar-refractivity contribution in [3.05, 3.63) is 135 Å². The van der Waals surface area contributed by atoms with Gasteiger partial charge in [-0.1, -0.05) is 106 Å². The summed E-state index contributed by atoms with van der Waals surface area (Å²) in [5.74, 6) is -3.01. The molecule has 0 saturated carbocycles. The van der Waals surface area contributed by atoms with Crippen molar-refractivity contribution < 1.29 is 38.3 Å². The van der Waals surface area contributed by atoms with Gasteiger partial charge in [-0.25, -0.2) is 9.97 Å². The molecule has 15 nitrogen and oxygen atoms in total. The zero-order valence-electron chi connectivity index (χ0n) is 42.1. The van der Waals surface area contributed by atoms with Crippen LogP contribution in [-0.4, -0.2) is 97.3 Å². The van der Waals surface area contributed by atoms with Crippen LogP contribution in [0.15, 0.2) is 94.4 Å². The molecular formula is C56H63N7O8S2. The van der Waals surface area contributed by atoms with Gasteiger partial charge < -0.3 is 34.8 Å². The minimum Gasteiger partial charge on any atom is -0.391 e. The topological polar surface area (TPSA) is 197 Å². The lowest BCUT2D eigenvalue weighted by molar-refractivity contribution is -0.144. The van der Waals surface area contributed by atoms with Crippen LogP contribution >= 0.6 is 22.7 Å². The summed E-state index contributed by atoms with van der Waals surface area (Å²) in [5, 5.41) is 21.0. The molecule has 3 aliphatic rings. The third-order valence-electron chi connectivity index (χ3n) is 14.7. The minimum atomic E-state index is -0.859. The molecule has 17 heteroatoms. The first-order chi connectivity index (χ1) is 35.1. The Bertz CT molecular complexity index is 2970. The predicted molar refractivity (Wildman–Crippen MR) is 278 cm³/mol. The molecule has 2 aliphatic heterocycles. The smallest absolute Gasteiger partial charge is 0.243 e. The molecule has 0 spiro atoms. The van der Waals surface area contributed by atoms with Crippen LogP contribution in [0.3, 0.4) is 0 Å². The fraction of sp³-hybridized carbons (Fsp3) is 0.429. The number of fused-ring (bicyclic) bond motifs is 1. The molecule has 3 N–H and O–H groups in total. The van der Waals surface area contributed by atoms with Gasteiger partial charge in [-0.3, -0.25) is 24.0 Å². The first-order valence-corrected chi connectivity index (χ1v) is 26.9. The van der Waals surface area contributed by atoms with E-state index in [0.29, 0.717) is 36.3 Å². The van der Waals surface area contributed by atoms with Crippen molar-refractivity contribution >= 4 is 52.1 Å². The number of nitrogens with zero attached hydrogens (tertiary/aromatic N) is 5. The number of likely N-dealkylation sites (tertiary alicyclic amines) is 2. The maximum Gasteiger partial charge on any atom is 0.243 e. The van der Waals surface area contributed by atoms with Crippen molar-refractivity contribution in [2.75, 3.05) is 19.7 Å². The quantitative estimate of drug-likeness (QED) is 0.0753. The van der Waals surface area contributed by atoms with Gasteiger partial charge in [-0.05, 0) is 66.8 Å². The highest BCUT2D eigenvalue weighted by molar-refractivity contribution is 7.13. The number of ether oxygens (including phenoxy) is 1. The number of rotatable bonds is 18. The number of ketones is 1. The largest absolute Gasteiger partial charge is 0.391 e. The van der Waals surface area contributed by atoms with E-state index < -0.39 is 41.4 Å². The zero-order valence-corrected chi connectivity index (χ0v) is 43.8. The number of hydrogen-bond donors (Lipinski definition) is 3. The lowest BCUT2D eigenvalue weighted by atomic mass is 9.79. The number of hydrogen-bond acceptors (Lipinski definition) is 13. The Morgan fingerprint density at radius 3 is 2.01 bits per heavy atom. The average Bonchev–Trinajstić information content (AvgIpc) is 4.27. The van der Waals surface area contributed by atoms with E-state index in [-0.39, 0.29) is 81.1 Å². The van der Waals surface area contributed by atoms with Crippen molar-refractivity contribution in [3.63, 3.8) is 0 Å². The van der Waals surface area contributed by atoms with Crippen molar-refractivity contribution in [3.8, 4) is 20.9 Å². The Kier molecular flexibility index (Phi) is 15.5. The molecule has 3 aromatic heterocycles. The van der Waals surface area contributed by atoms with Crippen LogP contribution in [0.4, 0.5) is 0 Å². The second-order valence-electron chi connectivity index (χ2n) is 20.5. The minimum absolute atomic E-state index is 0.0149. The molecule has 2 fully saturated rings. The monoisotopic (exact) mass is 1030 g/mol. The van der Waals surface area contributed by atoms with Crippen LogP contribution in [0.25, 0.3) is 20.9 Å². The van der Waals surface area contributed by atoms with Gasteiger partial charge in [0, 0.05) is 55.6 Å². The summed E-state index contributed by atoms with van der Waals surface area (Å²) in [7, 11) is 0. The van der Waals surface area contributed by atoms with Crippen LogP contribution < -0.4 is 10.6 Å². The number of thiazole rings is 2. The van der Waals surface area contributed by atoms with Gasteiger partial charge in [-0.15, -0.1) is 22.7 Å². The van der Waals surface area contributed by atoms with Crippen molar-refractivity contribution in [2.45, 2.75) is 111 Å². The number of aliphatic hydroxyl groups excluding tert-OH is 1. The maximum absolute atomic E-state index is 14.9. The number of β-amino-alcohol motifs (C(OH)–C–C–N with tert-alkyl or cyclic N) is 1. The molecule has 382 valence electrons. The lowest BCUT2D eigenvalue weighted by Crippen LogP contribution is -2.50. The molecule has 7 atom stereocenters. The van der Waals surface area contributed by atoms with Gasteiger partial charge in [0.1, 0.15) is 23.5 Å². The fourth-order valence-corrected chi connectivity index (χ4v) is 12.5. The van der Waals surface area contributed by atoms with Gasteiger partial charge in [-0.2, -0.15) is 0 Å². The number of benzene rings is 3. The summed E-state index contributed by atoms with van der Waals surface area (Å²) in [6.45, 7) is 12.7. The van der Waals surface area contributed by atoms with Crippen LogP contribution in [0, 0.1) is 37.0 Å². The number of carbonyl (C=O) groups excluding carboxylic acids is 5. The van der Waals surface area contributed by atoms with Crippen molar-refractivity contribution in [2.24, 2.45) is 23.2 Å². The number of aromatic nitrogens is 3. The van der Waals surface area contributed by atoms with Crippen molar-refractivity contribution in [1.29, 1.82) is 0 Å². The summed E-state index contributed by atoms with van der Waals surface area (Å²) >= 11 is 3.15. The Hall–Kier alpha value is -6.40. The van der Waals surface area contributed by atoms with E-state index in [1.165, 1.54) is 4.90 Å². The predicted octanol–water partition coefficient (Wildman–Crippen LogP) is 8.08. The van der Waals surface area contributed by atoms with Crippen LogP contribution in [0.1, 0.15) is 103 Å². The number of aliphatic hydroxyl groups is 1. The van der Waals surface area contributed by atoms with Gasteiger partial charge in [0.15, 0.2) is 5.78 Å².